The Morgan fingerprint density at radius 2 is 2.11 bits per heavy atom. The Morgan fingerprint density at radius 3 is 2.58 bits per heavy atom. The van der Waals surface area contributed by atoms with Crippen LogP contribution < -0.4 is 5.32 Å². The summed E-state index contributed by atoms with van der Waals surface area (Å²) in [6.45, 7) is 4.79. The minimum absolute atomic E-state index is 0.0159. The highest BCUT2D eigenvalue weighted by atomic mass is 32.2. The quantitative estimate of drug-likeness (QED) is 0.812. The van der Waals surface area contributed by atoms with E-state index in [-0.39, 0.29) is 16.8 Å². The molecule has 2 amide bonds. The van der Waals surface area contributed by atoms with Gasteiger partial charge in [-0.2, -0.15) is 0 Å². The summed E-state index contributed by atoms with van der Waals surface area (Å²) in [5, 5.41) is 12.1. The fourth-order valence-corrected chi connectivity index (χ4v) is 3.87. The van der Waals surface area contributed by atoms with Gasteiger partial charge in [0.1, 0.15) is 6.04 Å². The third-order valence-electron chi connectivity index (χ3n) is 4.28. The van der Waals surface area contributed by atoms with Crippen molar-refractivity contribution in [3.8, 4) is 0 Å². The molecule has 0 aromatic heterocycles. The van der Waals surface area contributed by atoms with Gasteiger partial charge in [0, 0.05) is 12.3 Å². The Kier molecular flexibility index (Phi) is 4.28. The van der Waals surface area contributed by atoms with Crippen LogP contribution in [0.1, 0.15) is 39.5 Å². The van der Waals surface area contributed by atoms with E-state index < -0.39 is 12.0 Å². The fourth-order valence-electron chi connectivity index (χ4n) is 2.53. The van der Waals surface area contributed by atoms with E-state index in [4.69, 9.17) is 0 Å². The van der Waals surface area contributed by atoms with Gasteiger partial charge in [0.05, 0.1) is 5.37 Å². The van der Waals surface area contributed by atoms with Gasteiger partial charge < -0.3 is 10.4 Å². The lowest BCUT2D eigenvalue weighted by atomic mass is 10.0. The fraction of sp³-hybridized carbons (Fsp3) is 0.846. The van der Waals surface area contributed by atoms with Gasteiger partial charge in [-0.15, -0.1) is 11.8 Å². The SMILES string of the molecule is CCC1SCC(C(=O)O)N1C(=O)NCC1(CC)CC1. The van der Waals surface area contributed by atoms with Crippen LogP contribution in [0.5, 0.6) is 0 Å². The lowest BCUT2D eigenvalue weighted by Crippen LogP contribution is -2.51. The standard InChI is InChI=1S/C13H22N2O3S/c1-3-10-15(9(7-19-10)11(16)17)12(18)14-8-13(4-2)5-6-13/h9-10H,3-8H2,1-2H3,(H,14,18)(H,16,17). The van der Waals surface area contributed by atoms with E-state index in [9.17, 15) is 14.7 Å². The van der Waals surface area contributed by atoms with Crippen molar-refractivity contribution in [3.63, 3.8) is 0 Å². The molecule has 1 saturated carbocycles. The molecule has 19 heavy (non-hydrogen) atoms. The van der Waals surface area contributed by atoms with E-state index in [1.54, 1.807) is 11.8 Å². The van der Waals surface area contributed by atoms with Gasteiger partial charge in [-0.05, 0) is 31.1 Å². The maximum atomic E-state index is 12.3. The van der Waals surface area contributed by atoms with Crippen molar-refractivity contribution < 1.29 is 14.7 Å². The summed E-state index contributed by atoms with van der Waals surface area (Å²) in [5.41, 5.74) is 0.281. The molecule has 2 N–H and O–H groups in total. The van der Waals surface area contributed by atoms with Crippen LogP contribution in [0, 0.1) is 5.41 Å². The van der Waals surface area contributed by atoms with E-state index in [1.165, 1.54) is 4.90 Å². The van der Waals surface area contributed by atoms with Gasteiger partial charge in [-0.25, -0.2) is 9.59 Å². The molecule has 1 heterocycles. The van der Waals surface area contributed by atoms with Crippen LogP contribution >= 0.6 is 11.8 Å². The smallest absolute Gasteiger partial charge is 0.327 e. The Bertz CT molecular complexity index is 371. The van der Waals surface area contributed by atoms with Crippen LogP contribution in [0.3, 0.4) is 0 Å². The number of hydrogen-bond donors (Lipinski definition) is 2. The number of carboxylic acids is 1. The van der Waals surface area contributed by atoms with Crippen molar-refractivity contribution in [3.05, 3.63) is 0 Å². The van der Waals surface area contributed by atoms with Crippen molar-refractivity contribution in [1.29, 1.82) is 0 Å². The lowest BCUT2D eigenvalue weighted by molar-refractivity contribution is -0.141. The summed E-state index contributed by atoms with van der Waals surface area (Å²) in [4.78, 5) is 25.0. The number of carboxylic acid groups (broad SMARTS) is 1. The third kappa shape index (κ3) is 2.99. The highest BCUT2D eigenvalue weighted by molar-refractivity contribution is 8.00. The van der Waals surface area contributed by atoms with Crippen LogP contribution in [-0.2, 0) is 4.79 Å². The summed E-state index contributed by atoms with van der Waals surface area (Å²) in [6, 6.07) is -0.907. The number of rotatable bonds is 5. The van der Waals surface area contributed by atoms with Crippen LogP contribution in [-0.4, -0.2) is 45.7 Å². The topological polar surface area (TPSA) is 69.6 Å². The molecule has 2 fully saturated rings. The Hall–Kier alpha value is -0.910. The number of carbonyl (C=O) groups excluding carboxylic acids is 1. The molecule has 0 spiro atoms. The van der Waals surface area contributed by atoms with E-state index in [0.29, 0.717) is 12.3 Å². The number of carbonyl (C=O) groups is 2. The average molecular weight is 286 g/mol. The highest BCUT2D eigenvalue weighted by Crippen LogP contribution is 2.47. The number of urea groups is 1. The van der Waals surface area contributed by atoms with Crippen molar-refractivity contribution in [2.75, 3.05) is 12.3 Å². The van der Waals surface area contributed by atoms with Gasteiger partial charge in [-0.1, -0.05) is 13.8 Å². The van der Waals surface area contributed by atoms with E-state index in [1.807, 2.05) is 6.92 Å². The Balaban J connectivity index is 1.96. The zero-order chi connectivity index (χ0) is 14.0. The predicted octanol–water partition coefficient (Wildman–Crippen LogP) is 2.12. The van der Waals surface area contributed by atoms with Crippen LogP contribution in [0.15, 0.2) is 0 Å². The first-order valence-corrected chi connectivity index (χ1v) is 7.98. The molecule has 0 bridgehead atoms. The normalized spacial score (nSPS) is 28.2. The van der Waals surface area contributed by atoms with Crippen molar-refractivity contribution in [2.45, 2.75) is 50.9 Å². The number of thioether (sulfide) groups is 1. The molecule has 6 heteroatoms. The Labute approximate surface area is 118 Å². The van der Waals surface area contributed by atoms with Gasteiger partial charge in [0.25, 0.3) is 0 Å². The molecule has 5 nitrogen and oxygen atoms in total. The number of nitrogens with zero attached hydrogens (tertiary/aromatic N) is 1. The monoisotopic (exact) mass is 286 g/mol. The van der Waals surface area contributed by atoms with Gasteiger partial charge in [0.2, 0.25) is 0 Å². The van der Waals surface area contributed by atoms with Crippen molar-refractivity contribution >= 4 is 23.8 Å². The molecule has 0 radical (unpaired) electrons. The lowest BCUT2D eigenvalue weighted by Gasteiger charge is -2.27. The molecule has 2 unspecified atom stereocenters. The van der Waals surface area contributed by atoms with Crippen molar-refractivity contribution in [2.24, 2.45) is 5.41 Å². The highest BCUT2D eigenvalue weighted by Gasteiger charge is 2.44. The first kappa shape index (κ1) is 14.5. The largest absolute Gasteiger partial charge is 0.480 e. The van der Waals surface area contributed by atoms with Gasteiger partial charge in [-0.3, -0.25) is 4.90 Å². The third-order valence-corrected chi connectivity index (χ3v) is 5.74. The number of amides is 2. The molecule has 2 atom stereocenters. The van der Waals surface area contributed by atoms with E-state index in [2.05, 4.69) is 12.2 Å². The van der Waals surface area contributed by atoms with E-state index >= 15 is 0 Å². The molecule has 108 valence electrons. The molecule has 2 aliphatic rings. The molecule has 1 aliphatic carbocycles. The van der Waals surface area contributed by atoms with Crippen molar-refractivity contribution in [1.82, 2.24) is 10.2 Å². The minimum atomic E-state index is -0.907. The first-order chi connectivity index (χ1) is 9.03. The Morgan fingerprint density at radius 1 is 1.42 bits per heavy atom. The number of nitrogens with one attached hydrogen (secondary N) is 1. The summed E-state index contributed by atoms with van der Waals surface area (Å²) in [7, 11) is 0. The minimum Gasteiger partial charge on any atom is -0.480 e. The summed E-state index contributed by atoms with van der Waals surface area (Å²) >= 11 is 1.55. The van der Waals surface area contributed by atoms with Crippen LogP contribution in [0.4, 0.5) is 4.79 Å². The van der Waals surface area contributed by atoms with Crippen LogP contribution in [0.2, 0.25) is 0 Å². The van der Waals surface area contributed by atoms with Gasteiger partial charge in [0.15, 0.2) is 0 Å². The predicted molar refractivity (Wildman–Crippen MR) is 75.2 cm³/mol. The second kappa shape index (κ2) is 5.61. The second-order valence-corrected chi connectivity index (χ2v) is 6.68. The molecule has 1 aliphatic heterocycles. The first-order valence-electron chi connectivity index (χ1n) is 6.93. The number of hydrogen-bond acceptors (Lipinski definition) is 3. The summed E-state index contributed by atoms with van der Waals surface area (Å²) in [6.07, 6.45) is 4.18. The summed E-state index contributed by atoms with van der Waals surface area (Å²) in [5.74, 6) is -0.421. The molecular weight excluding hydrogens is 264 g/mol. The molecule has 0 aromatic rings. The molecule has 1 saturated heterocycles. The molecular formula is C13H22N2O3S. The van der Waals surface area contributed by atoms with E-state index in [0.717, 1.165) is 25.7 Å². The second-order valence-electron chi connectivity index (χ2n) is 5.47. The number of aliphatic carboxylic acids is 1. The summed E-state index contributed by atoms with van der Waals surface area (Å²) < 4.78 is 0. The zero-order valence-corrected chi connectivity index (χ0v) is 12.3. The maximum Gasteiger partial charge on any atom is 0.327 e. The molecule has 2 rings (SSSR count). The zero-order valence-electron chi connectivity index (χ0n) is 11.5. The van der Waals surface area contributed by atoms with Crippen LogP contribution in [0.25, 0.3) is 0 Å². The average Bonchev–Trinajstić information content (AvgIpc) is 3.05. The maximum absolute atomic E-state index is 12.3. The van der Waals surface area contributed by atoms with Gasteiger partial charge >= 0.3 is 12.0 Å². The molecule has 0 aromatic carbocycles.